The van der Waals surface area contributed by atoms with Crippen LogP contribution in [0.3, 0.4) is 0 Å². The van der Waals surface area contributed by atoms with Gasteiger partial charge in [0, 0.05) is 0 Å². The van der Waals surface area contributed by atoms with Crippen molar-refractivity contribution in [2.45, 2.75) is 19.9 Å². The second kappa shape index (κ2) is 11.3. The van der Waals surface area contributed by atoms with Gasteiger partial charge in [-0.15, -0.1) is 0 Å². The molecule has 0 aromatic heterocycles. The molecule has 2 aromatic carbocycles. The number of amides is 2. The number of hydrogen-bond acceptors (Lipinski definition) is 5. The Hall–Kier alpha value is -2.89. The number of rotatable bonds is 8. The van der Waals surface area contributed by atoms with Gasteiger partial charge in [0.15, 0.2) is 6.61 Å². The molecule has 9 heteroatoms. The van der Waals surface area contributed by atoms with E-state index < -0.39 is 17.9 Å². The summed E-state index contributed by atoms with van der Waals surface area (Å²) in [6, 6.07) is 12.9. The zero-order valence-corrected chi connectivity index (χ0v) is 18.7. The molecule has 2 amide bonds. The van der Waals surface area contributed by atoms with Crippen molar-refractivity contribution in [3.8, 4) is 11.8 Å². The highest BCUT2D eigenvalue weighted by atomic mass is 79.9. The highest BCUT2D eigenvalue weighted by Crippen LogP contribution is 2.25. The average Bonchev–Trinajstić information content (AvgIpc) is 2.71. The van der Waals surface area contributed by atoms with Crippen molar-refractivity contribution in [2.75, 3.05) is 6.61 Å². The minimum atomic E-state index is -0.792. The zero-order chi connectivity index (χ0) is 22.1. The van der Waals surface area contributed by atoms with E-state index >= 15 is 0 Å². The largest absolute Gasteiger partial charge is 0.478 e. The maximum Gasteiger partial charge on any atom is 0.262 e. The van der Waals surface area contributed by atoms with Crippen molar-refractivity contribution >= 4 is 45.6 Å². The van der Waals surface area contributed by atoms with Crippen molar-refractivity contribution in [2.24, 2.45) is 11.0 Å². The van der Waals surface area contributed by atoms with Crippen molar-refractivity contribution in [3.05, 3.63) is 63.1 Å². The molecule has 0 aliphatic carbocycles. The Morgan fingerprint density at radius 2 is 2.03 bits per heavy atom. The lowest BCUT2D eigenvalue weighted by Gasteiger charge is -2.20. The fraction of sp³-hybridized carbons (Fsp3) is 0.238. The number of ether oxygens (including phenoxy) is 1. The van der Waals surface area contributed by atoms with Crippen LogP contribution in [0.15, 0.2) is 52.0 Å². The number of carbonyl (C=O) groups excluding carboxylic acids is 2. The third-order valence-electron chi connectivity index (χ3n) is 3.99. The van der Waals surface area contributed by atoms with Gasteiger partial charge in [-0.25, -0.2) is 5.43 Å². The van der Waals surface area contributed by atoms with Crippen LogP contribution in [0.2, 0.25) is 5.02 Å². The van der Waals surface area contributed by atoms with Gasteiger partial charge in [0.05, 0.1) is 21.3 Å². The first-order valence-electron chi connectivity index (χ1n) is 9.01. The predicted octanol–water partition coefficient (Wildman–Crippen LogP) is 3.91. The zero-order valence-electron chi connectivity index (χ0n) is 16.4. The summed E-state index contributed by atoms with van der Waals surface area (Å²) in [5.74, 6) is -0.526. The second-order valence-electron chi connectivity index (χ2n) is 6.55. The van der Waals surface area contributed by atoms with Gasteiger partial charge < -0.3 is 10.1 Å². The number of nitrogens with zero attached hydrogens (tertiary/aromatic N) is 2. The van der Waals surface area contributed by atoms with Gasteiger partial charge in [0.1, 0.15) is 17.9 Å². The third kappa shape index (κ3) is 6.58. The topological polar surface area (TPSA) is 104 Å². The molecule has 2 aromatic rings. The molecule has 2 N–H and O–H groups in total. The molecule has 2 rings (SSSR count). The third-order valence-corrected chi connectivity index (χ3v) is 4.94. The van der Waals surface area contributed by atoms with E-state index in [1.165, 1.54) is 6.21 Å². The predicted molar refractivity (Wildman–Crippen MR) is 119 cm³/mol. The van der Waals surface area contributed by atoms with Crippen LogP contribution in [0.25, 0.3) is 0 Å². The van der Waals surface area contributed by atoms with Gasteiger partial charge in [0.2, 0.25) is 0 Å². The molecule has 30 heavy (non-hydrogen) atoms. The van der Waals surface area contributed by atoms with Crippen LogP contribution in [0, 0.1) is 17.2 Å². The summed E-state index contributed by atoms with van der Waals surface area (Å²) in [6.45, 7) is 3.58. The standard InChI is InChI=1S/C21H20BrClN4O3/c1-13(2)19(26-20(28)15-5-3-4-6-17(15)23)21(29)27-25-12-14-7-8-18(16(22)11-14)30-10-9-24/h3-8,11-13,19H,10H2,1-2H3,(H,26,28)(H,27,29). The van der Waals surface area contributed by atoms with Crippen LogP contribution in [-0.2, 0) is 4.79 Å². The minimum Gasteiger partial charge on any atom is -0.478 e. The van der Waals surface area contributed by atoms with Gasteiger partial charge >= 0.3 is 0 Å². The van der Waals surface area contributed by atoms with Gasteiger partial charge in [-0.3, -0.25) is 9.59 Å². The Morgan fingerprint density at radius 3 is 2.67 bits per heavy atom. The molecule has 0 radical (unpaired) electrons. The lowest BCUT2D eigenvalue weighted by molar-refractivity contribution is -0.123. The van der Waals surface area contributed by atoms with E-state index in [0.717, 1.165) is 0 Å². The van der Waals surface area contributed by atoms with Gasteiger partial charge in [-0.05, 0) is 57.7 Å². The molecular weight excluding hydrogens is 472 g/mol. The van der Waals surface area contributed by atoms with E-state index in [1.807, 2.05) is 19.9 Å². The Kier molecular flexibility index (Phi) is 8.84. The van der Waals surface area contributed by atoms with Crippen LogP contribution in [0.1, 0.15) is 29.8 Å². The highest BCUT2D eigenvalue weighted by molar-refractivity contribution is 9.10. The quantitative estimate of drug-likeness (QED) is 0.431. The van der Waals surface area contributed by atoms with E-state index in [0.29, 0.717) is 26.4 Å². The average molecular weight is 492 g/mol. The number of hydrogen-bond donors (Lipinski definition) is 2. The number of hydrazone groups is 1. The van der Waals surface area contributed by atoms with Crippen LogP contribution < -0.4 is 15.5 Å². The molecule has 0 aliphatic rings. The van der Waals surface area contributed by atoms with E-state index in [-0.39, 0.29) is 12.5 Å². The molecule has 0 fully saturated rings. The van der Waals surface area contributed by atoms with Gasteiger partial charge in [-0.2, -0.15) is 10.4 Å². The summed E-state index contributed by atoms with van der Waals surface area (Å²) in [4.78, 5) is 25.0. The fourth-order valence-corrected chi connectivity index (χ4v) is 3.20. The Labute approximate surface area is 188 Å². The molecule has 1 atom stereocenters. The monoisotopic (exact) mass is 490 g/mol. The maximum absolute atomic E-state index is 12.5. The molecule has 0 spiro atoms. The molecule has 0 bridgehead atoms. The molecular formula is C21H20BrClN4O3. The van der Waals surface area contributed by atoms with E-state index in [4.69, 9.17) is 21.6 Å². The van der Waals surface area contributed by atoms with Crippen LogP contribution in [0.4, 0.5) is 0 Å². The van der Waals surface area contributed by atoms with E-state index in [1.54, 1.807) is 42.5 Å². The van der Waals surface area contributed by atoms with Crippen molar-refractivity contribution in [1.29, 1.82) is 5.26 Å². The number of halogens is 2. The lowest BCUT2D eigenvalue weighted by atomic mass is 10.0. The van der Waals surface area contributed by atoms with Crippen LogP contribution in [0.5, 0.6) is 5.75 Å². The first-order valence-corrected chi connectivity index (χ1v) is 10.2. The molecule has 0 aliphatic heterocycles. The summed E-state index contributed by atoms with van der Waals surface area (Å²) >= 11 is 9.41. The van der Waals surface area contributed by atoms with Crippen molar-refractivity contribution in [3.63, 3.8) is 0 Å². The molecule has 0 saturated heterocycles. The Balaban J connectivity index is 2.01. The minimum absolute atomic E-state index is 0.0569. The molecule has 7 nitrogen and oxygen atoms in total. The van der Waals surface area contributed by atoms with Crippen LogP contribution >= 0.6 is 27.5 Å². The molecule has 0 saturated carbocycles. The number of nitriles is 1. The van der Waals surface area contributed by atoms with Crippen LogP contribution in [-0.4, -0.2) is 30.7 Å². The molecule has 0 heterocycles. The SMILES string of the molecule is CC(C)C(NC(=O)c1ccccc1Cl)C(=O)NN=Cc1ccc(OCC#N)c(Br)c1. The van der Waals surface area contributed by atoms with Crippen molar-refractivity contribution < 1.29 is 14.3 Å². The summed E-state index contributed by atoms with van der Waals surface area (Å²) in [5.41, 5.74) is 3.44. The first kappa shape index (κ1) is 23.4. The van der Waals surface area contributed by atoms with Gasteiger partial charge in [-0.1, -0.05) is 37.6 Å². The summed E-state index contributed by atoms with van der Waals surface area (Å²) in [5, 5.41) is 15.5. The summed E-state index contributed by atoms with van der Waals surface area (Å²) in [6.07, 6.45) is 1.46. The number of carbonyl (C=O) groups is 2. The normalized spacial score (nSPS) is 11.7. The number of nitrogens with one attached hydrogen (secondary N) is 2. The van der Waals surface area contributed by atoms with E-state index in [9.17, 15) is 9.59 Å². The second-order valence-corrected chi connectivity index (χ2v) is 7.81. The Morgan fingerprint density at radius 1 is 1.30 bits per heavy atom. The first-order chi connectivity index (χ1) is 14.3. The summed E-state index contributed by atoms with van der Waals surface area (Å²) < 4.78 is 5.90. The maximum atomic E-state index is 12.5. The Bertz CT molecular complexity index is 988. The summed E-state index contributed by atoms with van der Waals surface area (Å²) in [7, 11) is 0. The van der Waals surface area contributed by atoms with Gasteiger partial charge in [0.25, 0.3) is 11.8 Å². The van der Waals surface area contributed by atoms with Crippen molar-refractivity contribution in [1.82, 2.24) is 10.7 Å². The van der Waals surface area contributed by atoms with E-state index in [2.05, 4.69) is 31.8 Å². The molecule has 1 unspecified atom stereocenters. The smallest absolute Gasteiger partial charge is 0.262 e. The lowest BCUT2D eigenvalue weighted by Crippen LogP contribution is -2.48. The molecule has 156 valence electrons. The fourth-order valence-electron chi connectivity index (χ4n) is 2.46. The number of benzene rings is 2. The highest BCUT2D eigenvalue weighted by Gasteiger charge is 2.25.